The van der Waals surface area contributed by atoms with E-state index in [2.05, 4.69) is 5.73 Å². The summed E-state index contributed by atoms with van der Waals surface area (Å²) < 4.78 is 0. The molecular formula is C3H10NOP. The highest BCUT2D eigenvalue weighted by atomic mass is 31.0. The predicted octanol–water partition coefficient (Wildman–Crippen LogP) is -0.0602. The Labute approximate surface area is 40.7 Å². The number of carbonyl (C=O) groups is 1. The normalized spacial score (nSPS) is 6.17. The van der Waals surface area contributed by atoms with Crippen LogP contribution in [0.15, 0.2) is 0 Å². The first kappa shape index (κ1) is 9.31. The van der Waals surface area contributed by atoms with E-state index < -0.39 is 0 Å². The maximum atomic E-state index is 9.59. The molecule has 0 saturated heterocycles. The van der Waals surface area contributed by atoms with Crippen LogP contribution in [-0.4, -0.2) is 5.91 Å². The van der Waals surface area contributed by atoms with Gasteiger partial charge in [-0.25, -0.2) is 0 Å². The van der Waals surface area contributed by atoms with E-state index >= 15 is 0 Å². The van der Waals surface area contributed by atoms with Crippen molar-refractivity contribution in [3.8, 4) is 0 Å². The molecule has 0 aliphatic heterocycles. The van der Waals surface area contributed by atoms with Crippen LogP contribution >= 0.6 is 9.90 Å². The van der Waals surface area contributed by atoms with Crippen molar-refractivity contribution in [1.82, 2.24) is 0 Å². The van der Waals surface area contributed by atoms with Gasteiger partial charge in [-0.3, -0.25) is 4.79 Å². The molecule has 0 aromatic carbocycles. The standard InChI is InChI=1S/C3H7NO.H3P/c1-2-3(4)5;/h2H2,1H3,(H2,4,5);1H3. The number of carbonyl (C=O) groups excluding carboxylic acids is 1. The van der Waals surface area contributed by atoms with E-state index in [0.717, 1.165) is 0 Å². The summed E-state index contributed by atoms with van der Waals surface area (Å²) in [5.74, 6) is -0.245. The lowest BCUT2D eigenvalue weighted by Crippen LogP contribution is -2.06. The first-order valence-electron chi connectivity index (χ1n) is 1.55. The molecule has 38 valence electrons. The minimum absolute atomic E-state index is 0. The van der Waals surface area contributed by atoms with Crippen LogP contribution in [0.5, 0.6) is 0 Å². The fourth-order valence-corrected chi connectivity index (χ4v) is 0. The Bertz CT molecular complexity index is 46.1. The molecule has 0 saturated carbocycles. The number of amides is 1. The van der Waals surface area contributed by atoms with Gasteiger partial charge in [0.1, 0.15) is 0 Å². The van der Waals surface area contributed by atoms with Crippen LogP contribution in [0.1, 0.15) is 13.3 Å². The van der Waals surface area contributed by atoms with Crippen molar-refractivity contribution in [3.63, 3.8) is 0 Å². The monoisotopic (exact) mass is 107 g/mol. The lowest BCUT2D eigenvalue weighted by atomic mass is 10.5. The number of nitrogens with two attached hydrogens (primary N) is 1. The summed E-state index contributed by atoms with van der Waals surface area (Å²) in [5, 5.41) is 0. The van der Waals surface area contributed by atoms with Crippen LogP contribution in [0.25, 0.3) is 0 Å². The van der Waals surface area contributed by atoms with Crippen molar-refractivity contribution in [2.45, 2.75) is 13.3 Å². The molecule has 1 amide bonds. The van der Waals surface area contributed by atoms with E-state index in [4.69, 9.17) is 0 Å². The van der Waals surface area contributed by atoms with Crippen molar-refractivity contribution >= 4 is 15.8 Å². The van der Waals surface area contributed by atoms with Gasteiger partial charge in [0.15, 0.2) is 0 Å². The maximum Gasteiger partial charge on any atom is 0.217 e. The molecule has 0 fully saturated rings. The van der Waals surface area contributed by atoms with E-state index in [1.807, 2.05) is 0 Å². The Kier molecular flexibility index (Phi) is 7.61. The molecule has 2 N–H and O–H groups in total. The fraction of sp³-hybridized carbons (Fsp3) is 0.667. The van der Waals surface area contributed by atoms with E-state index in [1.165, 1.54) is 0 Å². The summed E-state index contributed by atoms with van der Waals surface area (Å²) >= 11 is 0. The fourth-order valence-electron chi connectivity index (χ4n) is 0. The molecule has 0 heterocycles. The largest absolute Gasteiger partial charge is 0.370 e. The van der Waals surface area contributed by atoms with E-state index in [9.17, 15) is 4.79 Å². The Morgan fingerprint density at radius 1 is 1.83 bits per heavy atom. The van der Waals surface area contributed by atoms with Gasteiger partial charge in [-0.1, -0.05) is 6.92 Å². The molecule has 0 bridgehead atoms. The van der Waals surface area contributed by atoms with Gasteiger partial charge in [-0.15, -0.1) is 0 Å². The van der Waals surface area contributed by atoms with Crippen LogP contribution in [0, 0.1) is 0 Å². The maximum absolute atomic E-state index is 9.59. The van der Waals surface area contributed by atoms with Gasteiger partial charge in [0, 0.05) is 6.42 Å². The van der Waals surface area contributed by atoms with E-state index in [-0.39, 0.29) is 15.8 Å². The van der Waals surface area contributed by atoms with Gasteiger partial charge in [-0.05, 0) is 0 Å². The quantitative estimate of drug-likeness (QED) is 0.468. The Morgan fingerprint density at radius 3 is 2.00 bits per heavy atom. The average molecular weight is 107 g/mol. The third kappa shape index (κ3) is 9.09. The number of hydrogen-bond acceptors (Lipinski definition) is 1. The Hall–Kier alpha value is -0.100. The molecule has 1 unspecified atom stereocenters. The third-order valence-corrected chi connectivity index (χ3v) is 0.348. The summed E-state index contributed by atoms with van der Waals surface area (Å²) in [5.41, 5.74) is 4.65. The second-order valence-electron chi connectivity index (χ2n) is 0.820. The molecule has 0 aromatic heterocycles. The first-order chi connectivity index (χ1) is 2.27. The minimum atomic E-state index is -0.245. The SMILES string of the molecule is CCC(N)=O.P. The first-order valence-corrected chi connectivity index (χ1v) is 1.55. The second-order valence-corrected chi connectivity index (χ2v) is 0.820. The van der Waals surface area contributed by atoms with Crippen LogP contribution in [0.2, 0.25) is 0 Å². The molecule has 0 rings (SSSR count). The van der Waals surface area contributed by atoms with E-state index in [0.29, 0.717) is 6.42 Å². The van der Waals surface area contributed by atoms with Crippen molar-refractivity contribution in [3.05, 3.63) is 0 Å². The summed E-state index contributed by atoms with van der Waals surface area (Å²) in [4.78, 5) is 9.59. The minimum Gasteiger partial charge on any atom is -0.370 e. The zero-order valence-corrected chi connectivity index (χ0v) is 5.31. The van der Waals surface area contributed by atoms with Gasteiger partial charge >= 0.3 is 0 Å². The number of primary amides is 1. The zero-order chi connectivity index (χ0) is 4.28. The lowest BCUT2D eigenvalue weighted by molar-refractivity contribution is -0.117. The van der Waals surface area contributed by atoms with Gasteiger partial charge in [0.25, 0.3) is 0 Å². The highest BCUT2D eigenvalue weighted by Gasteiger charge is 1.77. The van der Waals surface area contributed by atoms with Crippen LogP contribution in [0.4, 0.5) is 0 Å². The van der Waals surface area contributed by atoms with Crippen molar-refractivity contribution in [1.29, 1.82) is 0 Å². The van der Waals surface area contributed by atoms with Gasteiger partial charge in [0.2, 0.25) is 5.91 Å². The highest BCUT2D eigenvalue weighted by Crippen LogP contribution is 1.63. The number of hydrogen-bond donors (Lipinski definition) is 1. The summed E-state index contributed by atoms with van der Waals surface area (Å²) in [6.07, 6.45) is 0.444. The molecule has 6 heavy (non-hydrogen) atoms. The van der Waals surface area contributed by atoms with Crippen LogP contribution in [-0.2, 0) is 4.79 Å². The molecular weight excluding hydrogens is 97.0 g/mol. The molecule has 0 aromatic rings. The highest BCUT2D eigenvalue weighted by molar-refractivity contribution is 6.92. The molecule has 0 radical (unpaired) electrons. The van der Waals surface area contributed by atoms with Gasteiger partial charge in [-0.2, -0.15) is 9.90 Å². The zero-order valence-electron chi connectivity index (χ0n) is 3.90. The van der Waals surface area contributed by atoms with Crippen molar-refractivity contribution < 1.29 is 4.79 Å². The molecule has 0 aliphatic carbocycles. The smallest absolute Gasteiger partial charge is 0.217 e. The number of rotatable bonds is 1. The van der Waals surface area contributed by atoms with Gasteiger partial charge < -0.3 is 5.73 Å². The van der Waals surface area contributed by atoms with Gasteiger partial charge in [0.05, 0.1) is 0 Å². The van der Waals surface area contributed by atoms with E-state index in [1.54, 1.807) is 6.92 Å². The lowest BCUT2D eigenvalue weighted by Gasteiger charge is -1.73. The average Bonchev–Trinajstić information content (AvgIpc) is 1.38. The molecule has 1 atom stereocenters. The van der Waals surface area contributed by atoms with Crippen LogP contribution < -0.4 is 5.73 Å². The van der Waals surface area contributed by atoms with Crippen molar-refractivity contribution in [2.24, 2.45) is 5.73 Å². The summed E-state index contributed by atoms with van der Waals surface area (Å²) in [6, 6.07) is 0. The molecule has 3 heteroatoms. The Balaban J connectivity index is 0. The second kappa shape index (κ2) is 4.90. The summed E-state index contributed by atoms with van der Waals surface area (Å²) in [7, 11) is 0. The summed E-state index contributed by atoms with van der Waals surface area (Å²) in [6.45, 7) is 1.72. The molecule has 0 aliphatic rings. The topological polar surface area (TPSA) is 43.1 Å². The third-order valence-electron chi connectivity index (χ3n) is 0.348. The Morgan fingerprint density at radius 2 is 2.00 bits per heavy atom. The molecule has 0 spiro atoms. The van der Waals surface area contributed by atoms with Crippen molar-refractivity contribution in [2.75, 3.05) is 0 Å². The van der Waals surface area contributed by atoms with Crippen LogP contribution in [0.3, 0.4) is 0 Å². The molecule has 2 nitrogen and oxygen atoms in total. The predicted molar refractivity (Wildman–Crippen MR) is 30.6 cm³/mol.